The number of nitrogens with zero attached hydrogens (tertiary/aromatic N) is 1. The van der Waals surface area contributed by atoms with E-state index >= 15 is 0 Å². The summed E-state index contributed by atoms with van der Waals surface area (Å²) in [6.07, 6.45) is 1.35. The zero-order chi connectivity index (χ0) is 9.14. The van der Waals surface area contributed by atoms with Gasteiger partial charge in [0.2, 0.25) is 0 Å². The minimum Gasteiger partial charge on any atom is -0.423 e. The van der Waals surface area contributed by atoms with Crippen LogP contribution in [0.5, 0.6) is 0 Å². The Balaban J connectivity index is 3.03. The Morgan fingerprint density at radius 3 is 2.58 bits per heavy atom. The summed E-state index contributed by atoms with van der Waals surface area (Å²) in [7, 11) is -1.50. The lowest BCUT2D eigenvalue weighted by Gasteiger charge is -2.04. The molecule has 3 N–H and O–H groups in total. The van der Waals surface area contributed by atoms with Crippen LogP contribution < -0.4 is 5.46 Å². The maximum Gasteiger partial charge on any atom is 0.490 e. The summed E-state index contributed by atoms with van der Waals surface area (Å²) in [6.45, 7) is 1.60. The number of rotatable bonds is 2. The van der Waals surface area contributed by atoms with Crippen molar-refractivity contribution >= 4 is 12.6 Å². The number of aryl methyl sites for hydroxylation is 1. The maximum atomic E-state index is 8.82. The first-order chi connectivity index (χ1) is 5.65. The standard InChI is InChI=1S/C7H10BNO3/c1-5-2-6(4-10)9-3-7(5)8(11)12/h2-3,10-12H,4H2,1H3. The Hall–Kier alpha value is -0.905. The van der Waals surface area contributed by atoms with Crippen molar-refractivity contribution in [2.45, 2.75) is 13.5 Å². The molecular formula is C7H10BNO3. The Labute approximate surface area is 70.7 Å². The molecule has 12 heavy (non-hydrogen) atoms. The second-order valence-corrected chi connectivity index (χ2v) is 2.56. The van der Waals surface area contributed by atoms with E-state index in [1.165, 1.54) is 6.20 Å². The highest BCUT2D eigenvalue weighted by molar-refractivity contribution is 6.59. The molecule has 0 saturated carbocycles. The van der Waals surface area contributed by atoms with Gasteiger partial charge in [0.15, 0.2) is 0 Å². The number of hydrogen-bond acceptors (Lipinski definition) is 4. The lowest BCUT2D eigenvalue weighted by molar-refractivity contribution is 0.277. The largest absolute Gasteiger partial charge is 0.490 e. The first-order valence-corrected chi connectivity index (χ1v) is 3.57. The van der Waals surface area contributed by atoms with Gasteiger partial charge >= 0.3 is 7.12 Å². The predicted octanol–water partition coefficient (Wildman–Crippen LogP) is -1.44. The van der Waals surface area contributed by atoms with Crippen molar-refractivity contribution in [1.82, 2.24) is 4.98 Å². The van der Waals surface area contributed by atoms with Crippen LogP contribution in [-0.2, 0) is 6.61 Å². The fraction of sp³-hybridized carbons (Fsp3) is 0.286. The van der Waals surface area contributed by atoms with Gasteiger partial charge in [0.1, 0.15) is 0 Å². The molecule has 5 heteroatoms. The van der Waals surface area contributed by atoms with Crippen LogP contribution in [0.3, 0.4) is 0 Å². The van der Waals surface area contributed by atoms with Gasteiger partial charge in [-0.15, -0.1) is 0 Å². The van der Waals surface area contributed by atoms with Crippen molar-refractivity contribution < 1.29 is 15.2 Å². The van der Waals surface area contributed by atoms with Crippen LogP contribution in [0.25, 0.3) is 0 Å². The summed E-state index contributed by atoms with van der Waals surface area (Å²) in [5.74, 6) is 0. The molecule has 0 saturated heterocycles. The smallest absolute Gasteiger partial charge is 0.423 e. The summed E-state index contributed by atoms with van der Waals surface area (Å²) >= 11 is 0. The van der Waals surface area contributed by atoms with Gasteiger partial charge < -0.3 is 15.2 Å². The second-order valence-electron chi connectivity index (χ2n) is 2.56. The molecule has 0 amide bonds. The summed E-state index contributed by atoms with van der Waals surface area (Å²) in [5, 5.41) is 26.3. The third-order valence-corrected chi connectivity index (χ3v) is 1.65. The molecule has 1 rings (SSSR count). The Morgan fingerprint density at radius 2 is 2.17 bits per heavy atom. The number of aliphatic hydroxyl groups excluding tert-OH is 1. The van der Waals surface area contributed by atoms with E-state index in [4.69, 9.17) is 15.2 Å². The Morgan fingerprint density at radius 1 is 1.50 bits per heavy atom. The molecule has 0 radical (unpaired) electrons. The molecule has 0 aliphatic carbocycles. The van der Waals surface area contributed by atoms with Gasteiger partial charge in [0.05, 0.1) is 12.3 Å². The third-order valence-electron chi connectivity index (χ3n) is 1.65. The molecule has 0 aliphatic heterocycles. The molecule has 0 bridgehead atoms. The summed E-state index contributed by atoms with van der Waals surface area (Å²) < 4.78 is 0. The predicted molar refractivity (Wildman–Crippen MR) is 44.7 cm³/mol. The fourth-order valence-corrected chi connectivity index (χ4v) is 0.982. The SMILES string of the molecule is Cc1cc(CO)ncc1B(O)O. The normalized spacial score (nSPS) is 10.0. The zero-order valence-electron chi connectivity index (χ0n) is 6.73. The summed E-state index contributed by atoms with van der Waals surface area (Å²) in [5.41, 5.74) is 1.60. The summed E-state index contributed by atoms with van der Waals surface area (Å²) in [6, 6.07) is 1.62. The average Bonchev–Trinajstić information content (AvgIpc) is 2.03. The van der Waals surface area contributed by atoms with E-state index in [0.717, 1.165) is 0 Å². The zero-order valence-corrected chi connectivity index (χ0v) is 6.73. The molecule has 0 atom stereocenters. The third kappa shape index (κ3) is 1.82. The van der Waals surface area contributed by atoms with Crippen LogP contribution in [-0.4, -0.2) is 27.3 Å². The Bertz CT molecular complexity index is 277. The number of pyridine rings is 1. The molecule has 0 aromatic carbocycles. The van der Waals surface area contributed by atoms with Crippen LogP contribution in [0, 0.1) is 6.92 Å². The molecule has 0 unspecified atom stereocenters. The van der Waals surface area contributed by atoms with E-state index in [-0.39, 0.29) is 6.61 Å². The van der Waals surface area contributed by atoms with Crippen molar-refractivity contribution in [2.24, 2.45) is 0 Å². The minimum absolute atomic E-state index is 0.136. The van der Waals surface area contributed by atoms with Gasteiger partial charge in [0.25, 0.3) is 0 Å². The first-order valence-electron chi connectivity index (χ1n) is 3.57. The highest BCUT2D eigenvalue weighted by atomic mass is 16.4. The molecule has 0 spiro atoms. The van der Waals surface area contributed by atoms with Crippen LogP contribution in [0.2, 0.25) is 0 Å². The molecule has 1 aromatic heterocycles. The van der Waals surface area contributed by atoms with Crippen LogP contribution in [0.1, 0.15) is 11.3 Å². The monoisotopic (exact) mass is 167 g/mol. The molecule has 0 fully saturated rings. The van der Waals surface area contributed by atoms with Crippen molar-refractivity contribution in [3.63, 3.8) is 0 Å². The van der Waals surface area contributed by atoms with E-state index in [0.29, 0.717) is 16.7 Å². The number of aromatic nitrogens is 1. The lowest BCUT2D eigenvalue weighted by atomic mass is 9.78. The lowest BCUT2D eigenvalue weighted by Crippen LogP contribution is -2.32. The van der Waals surface area contributed by atoms with Gasteiger partial charge in [-0.05, 0) is 18.6 Å². The van der Waals surface area contributed by atoms with E-state index in [2.05, 4.69) is 4.98 Å². The van der Waals surface area contributed by atoms with Crippen LogP contribution >= 0.6 is 0 Å². The van der Waals surface area contributed by atoms with Gasteiger partial charge in [-0.3, -0.25) is 4.98 Å². The molecule has 0 aliphatic rings. The second kappa shape index (κ2) is 3.66. The van der Waals surface area contributed by atoms with E-state index in [1.807, 2.05) is 0 Å². The maximum absolute atomic E-state index is 8.82. The van der Waals surface area contributed by atoms with Gasteiger partial charge in [0, 0.05) is 11.7 Å². The molecule has 4 nitrogen and oxygen atoms in total. The topological polar surface area (TPSA) is 73.6 Å². The van der Waals surface area contributed by atoms with Gasteiger partial charge in [-0.2, -0.15) is 0 Å². The summed E-state index contributed by atoms with van der Waals surface area (Å²) in [4.78, 5) is 3.81. The fourth-order valence-electron chi connectivity index (χ4n) is 0.982. The van der Waals surface area contributed by atoms with Crippen LogP contribution in [0.4, 0.5) is 0 Å². The quantitative estimate of drug-likeness (QED) is 0.471. The minimum atomic E-state index is -1.50. The Kier molecular flexibility index (Phi) is 2.81. The van der Waals surface area contributed by atoms with Crippen LogP contribution in [0.15, 0.2) is 12.3 Å². The van der Waals surface area contributed by atoms with Crippen molar-refractivity contribution in [1.29, 1.82) is 0 Å². The van der Waals surface area contributed by atoms with E-state index < -0.39 is 7.12 Å². The van der Waals surface area contributed by atoms with Gasteiger partial charge in [-0.25, -0.2) is 0 Å². The number of hydrogen-bond donors (Lipinski definition) is 3. The van der Waals surface area contributed by atoms with Crippen molar-refractivity contribution in [2.75, 3.05) is 0 Å². The number of aliphatic hydroxyl groups is 1. The molecule has 64 valence electrons. The van der Waals surface area contributed by atoms with E-state index in [1.54, 1.807) is 13.0 Å². The molecule has 1 heterocycles. The highest BCUT2D eigenvalue weighted by Gasteiger charge is 2.14. The molecular weight excluding hydrogens is 157 g/mol. The van der Waals surface area contributed by atoms with E-state index in [9.17, 15) is 0 Å². The van der Waals surface area contributed by atoms with Crippen molar-refractivity contribution in [3.8, 4) is 0 Å². The molecule has 1 aromatic rings. The first kappa shape index (κ1) is 9.19. The average molecular weight is 167 g/mol. The van der Waals surface area contributed by atoms with Gasteiger partial charge in [-0.1, -0.05) is 0 Å². The van der Waals surface area contributed by atoms with Crippen molar-refractivity contribution in [3.05, 3.63) is 23.5 Å². The highest BCUT2D eigenvalue weighted by Crippen LogP contribution is 1.98.